The number of alkyl halides is 2. The molecule has 1 aliphatic heterocycles. The van der Waals surface area contributed by atoms with Gasteiger partial charge in [0.05, 0.1) is 10.6 Å². The second-order valence-corrected chi connectivity index (χ2v) is 10.0. The van der Waals surface area contributed by atoms with E-state index in [0.717, 1.165) is 43.7 Å². The first-order valence-corrected chi connectivity index (χ1v) is 10.5. The lowest BCUT2D eigenvalue weighted by atomic mass is 9.88. The van der Waals surface area contributed by atoms with Crippen LogP contribution >= 0.6 is 11.3 Å². The molecule has 0 radical (unpaired) electrons. The van der Waals surface area contributed by atoms with Crippen molar-refractivity contribution in [2.45, 2.75) is 69.7 Å². The maximum Gasteiger partial charge on any atom is 0.305 e. The fourth-order valence-corrected chi connectivity index (χ4v) is 4.57. The van der Waals surface area contributed by atoms with Gasteiger partial charge in [0, 0.05) is 34.8 Å². The monoisotopic (exact) mass is 438 g/mol. The molecule has 1 saturated heterocycles. The zero-order valence-corrected chi connectivity index (χ0v) is 18.4. The molecule has 4 N–H and O–H groups in total. The summed E-state index contributed by atoms with van der Waals surface area (Å²) in [5, 5.41) is 26.5. The molecule has 1 fully saturated rings. The summed E-state index contributed by atoms with van der Waals surface area (Å²) in [4.78, 5) is 9.47. The van der Waals surface area contributed by atoms with Crippen molar-refractivity contribution in [3.8, 4) is 10.6 Å². The van der Waals surface area contributed by atoms with Crippen LogP contribution in [-0.2, 0) is 0 Å². The van der Waals surface area contributed by atoms with E-state index >= 15 is 0 Å². The van der Waals surface area contributed by atoms with E-state index in [-0.39, 0.29) is 16.5 Å². The van der Waals surface area contributed by atoms with Crippen molar-refractivity contribution < 1.29 is 19.0 Å². The molecule has 0 spiro atoms. The quantitative estimate of drug-likeness (QED) is 0.543. The maximum absolute atomic E-state index is 14.3. The molecule has 2 aromatic heterocycles. The second kappa shape index (κ2) is 7.86. The van der Waals surface area contributed by atoms with Gasteiger partial charge in [0.2, 0.25) is 5.95 Å². The molecule has 3 rings (SSSR count). The molecule has 6 nitrogen and oxygen atoms in total. The van der Waals surface area contributed by atoms with Crippen LogP contribution in [0.2, 0.25) is 0 Å². The van der Waals surface area contributed by atoms with Crippen molar-refractivity contribution in [1.29, 1.82) is 0 Å². The van der Waals surface area contributed by atoms with Crippen LogP contribution in [0, 0.1) is 0 Å². The van der Waals surface area contributed by atoms with E-state index in [0.29, 0.717) is 16.5 Å². The molecule has 0 saturated carbocycles. The van der Waals surface area contributed by atoms with Crippen molar-refractivity contribution in [3.63, 3.8) is 0 Å². The van der Waals surface area contributed by atoms with Crippen molar-refractivity contribution in [1.82, 2.24) is 15.3 Å². The summed E-state index contributed by atoms with van der Waals surface area (Å²) in [6.45, 7) is 10.2. The van der Waals surface area contributed by atoms with Crippen LogP contribution < -0.4 is 10.6 Å². The Morgan fingerprint density at radius 1 is 1.33 bits per heavy atom. The topological polar surface area (TPSA) is 90.3 Å². The Bertz CT molecular complexity index is 924. The van der Waals surface area contributed by atoms with Crippen molar-refractivity contribution in [2.24, 2.45) is 0 Å². The highest BCUT2D eigenvalue weighted by atomic mass is 32.1. The standard InChI is InChI=1S/C21H28F2N4O2S/c1-12-10-13(11-19(2,3)27-12)25-18-24-9-8-14(26-18)15-6-7-16(30-15)17(28)21(22,23)20(4,5)29/h6-9,13,17,27-29H,1,10-11H2,2-5H3,(H,24,25,26). The molecular formula is C21H28F2N4O2S. The summed E-state index contributed by atoms with van der Waals surface area (Å²) in [5.74, 6) is -3.25. The lowest BCUT2D eigenvalue weighted by Crippen LogP contribution is -2.48. The number of rotatable bonds is 6. The molecule has 1 aliphatic rings. The van der Waals surface area contributed by atoms with Crippen LogP contribution in [0.15, 0.2) is 36.7 Å². The molecule has 0 bridgehead atoms. The molecule has 9 heteroatoms. The van der Waals surface area contributed by atoms with Gasteiger partial charge in [-0.3, -0.25) is 0 Å². The average Bonchev–Trinajstić information content (AvgIpc) is 3.08. The molecular weight excluding hydrogens is 410 g/mol. The molecule has 2 atom stereocenters. The van der Waals surface area contributed by atoms with E-state index < -0.39 is 17.6 Å². The van der Waals surface area contributed by atoms with Gasteiger partial charge in [-0.1, -0.05) is 6.58 Å². The van der Waals surface area contributed by atoms with E-state index in [1.807, 2.05) is 0 Å². The maximum atomic E-state index is 14.3. The number of anilines is 1. The summed E-state index contributed by atoms with van der Waals surface area (Å²) < 4.78 is 28.6. The number of aromatic nitrogens is 2. The van der Waals surface area contributed by atoms with Gasteiger partial charge in [-0.2, -0.15) is 0 Å². The third kappa shape index (κ3) is 4.79. The normalized spacial score (nSPS) is 20.5. The van der Waals surface area contributed by atoms with Crippen LogP contribution in [0.5, 0.6) is 0 Å². The van der Waals surface area contributed by atoms with Crippen LogP contribution in [0.1, 0.15) is 51.5 Å². The second-order valence-electron chi connectivity index (χ2n) is 8.91. The fraction of sp³-hybridized carbons (Fsp3) is 0.524. The molecule has 164 valence electrons. The van der Waals surface area contributed by atoms with Crippen molar-refractivity contribution in [3.05, 3.63) is 41.5 Å². The predicted octanol–water partition coefficient (Wildman–Crippen LogP) is 4.10. The number of aliphatic hydroxyl groups is 2. The van der Waals surface area contributed by atoms with Crippen LogP contribution in [0.25, 0.3) is 10.6 Å². The van der Waals surface area contributed by atoms with Gasteiger partial charge >= 0.3 is 5.92 Å². The third-order valence-corrected chi connectivity index (χ3v) is 6.22. The van der Waals surface area contributed by atoms with Gasteiger partial charge in [-0.15, -0.1) is 11.3 Å². The minimum atomic E-state index is -3.70. The molecule has 2 aromatic rings. The lowest BCUT2D eigenvalue weighted by Gasteiger charge is -2.38. The summed E-state index contributed by atoms with van der Waals surface area (Å²) in [6, 6.07) is 4.87. The van der Waals surface area contributed by atoms with Gasteiger partial charge in [-0.25, -0.2) is 18.7 Å². The number of piperidine rings is 1. The Hall–Kier alpha value is -2.10. The van der Waals surface area contributed by atoms with Gasteiger partial charge in [-0.05, 0) is 52.3 Å². The molecule has 0 aliphatic carbocycles. The smallest absolute Gasteiger partial charge is 0.305 e. The first-order chi connectivity index (χ1) is 13.8. The van der Waals surface area contributed by atoms with Gasteiger partial charge in [0.1, 0.15) is 5.60 Å². The Kier molecular flexibility index (Phi) is 5.92. The molecule has 30 heavy (non-hydrogen) atoms. The molecule has 3 heterocycles. The van der Waals surface area contributed by atoms with Crippen LogP contribution in [0.3, 0.4) is 0 Å². The van der Waals surface area contributed by atoms with E-state index in [2.05, 4.69) is 41.0 Å². The third-order valence-electron chi connectivity index (χ3n) is 5.06. The lowest BCUT2D eigenvalue weighted by molar-refractivity contribution is -0.217. The van der Waals surface area contributed by atoms with E-state index in [4.69, 9.17) is 0 Å². The van der Waals surface area contributed by atoms with Crippen LogP contribution in [-0.4, -0.2) is 43.3 Å². The predicted molar refractivity (Wildman–Crippen MR) is 115 cm³/mol. The number of halogens is 2. The number of aliphatic hydroxyl groups excluding tert-OH is 1. The summed E-state index contributed by atoms with van der Waals surface area (Å²) in [5.41, 5.74) is -0.927. The number of hydrogen-bond donors (Lipinski definition) is 4. The first-order valence-electron chi connectivity index (χ1n) is 9.72. The Morgan fingerprint density at radius 3 is 2.67 bits per heavy atom. The average molecular weight is 439 g/mol. The van der Waals surface area contributed by atoms with Gasteiger partial charge in [0.25, 0.3) is 0 Å². The number of hydrogen-bond acceptors (Lipinski definition) is 7. The van der Waals surface area contributed by atoms with Crippen molar-refractivity contribution >= 4 is 17.3 Å². The van der Waals surface area contributed by atoms with Gasteiger partial charge < -0.3 is 20.8 Å². The Labute approximate surface area is 179 Å². The van der Waals surface area contributed by atoms with Crippen LogP contribution in [0.4, 0.5) is 14.7 Å². The van der Waals surface area contributed by atoms with E-state index in [1.54, 1.807) is 18.3 Å². The molecule has 0 aromatic carbocycles. The minimum absolute atomic E-state index is 0.0571. The van der Waals surface area contributed by atoms with E-state index in [1.165, 1.54) is 6.07 Å². The van der Waals surface area contributed by atoms with Crippen molar-refractivity contribution in [2.75, 3.05) is 5.32 Å². The SMILES string of the molecule is C=C1CC(Nc2nccc(-c3ccc(C(O)C(F)(F)C(C)(C)O)s3)n2)CC(C)(C)N1. The number of nitrogens with zero attached hydrogens (tertiary/aromatic N) is 2. The summed E-state index contributed by atoms with van der Waals surface area (Å²) in [6.07, 6.45) is 1.10. The summed E-state index contributed by atoms with van der Waals surface area (Å²) >= 11 is 1.01. The largest absolute Gasteiger partial charge is 0.384 e. The number of thiophene rings is 1. The highest BCUT2D eigenvalue weighted by molar-refractivity contribution is 7.15. The Balaban J connectivity index is 1.78. The highest BCUT2D eigenvalue weighted by Gasteiger charge is 2.52. The van der Waals surface area contributed by atoms with Gasteiger partial charge in [0.15, 0.2) is 6.10 Å². The zero-order chi connectivity index (χ0) is 22.3. The molecule has 0 amide bonds. The highest BCUT2D eigenvalue weighted by Crippen LogP contribution is 2.43. The minimum Gasteiger partial charge on any atom is -0.384 e. The molecule has 2 unspecified atom stereocenters. The Morgan fingerprint density at radius 2 is 2.03 bits per heavy atom. The fourth-order valence-electron chi connectivity index (χ4n) is 3.57. The first kappa shape index (κ1) is 22.6. The number of nitrogens with one attached hydrogen (secondary N) is 2. The zero-order valence-electron chi connectivity index (χ0n) is 17.5. The summed E-state index contributed by atoms with van der Waals surface area (Å²) in [7, 11) is 0. The van der Waals surface area contributed by atoms with E-state index in [9.17, 15) is 19.0 Å².